The standard InChI is InChI=1S/C20H24O/c1-15-13-14-19(18-12-8-7-11-17(15)18)20(21)16-9-5-3-2-4-6-10-16/h7-8,11-14,16H,2-6,9-10H2,1H3. The summed E-state index contributed by atoms with van der Waals surface area (Å²) >= 11 is 0. The van der Waals surface area contributed by atoms with E-state index >= 15 is 0 Å². The van der Waals surface area contributed by atoms with Crippen LogP contribution in [0.2, 0.25) is 0 Å². The zero-order chi connectivity index (χ0) is 14.7. The van der Waals surface area contributed by atoms with Crippen molar-refractivity contribution in [2.75, 3.05) is 0 Å². The van der Waals surface area contributed by atoms with Crippen molar-refractivity contribution in [3.05, 3.63) is 47.5 Å². The number of Topliss-reactive ketones (excluding diaryl/α,β-unsaturated/α-hetero) is 1. The first-order chi connectivity index (χ1) is 10.3. The van der Waals surface area contributed by atoms with E-state index in [0.29, 0.717) is 5.78 Å². The van der Waals surface area contributed by atoms with Gasteiger partial charge < -0.3 is 0 Å². The van der Waals surface area contributed by atoms with E-state index < -0.39 is 0 Å². The quantitative estimate of drug-likeness (QED) is 0.646. The molecule has 1 heteroatoms. The number of hydrogen-bond donors (Lipinski definition) is 0. The number of aryl methyl sites for hydroxylation is 1. The number of carbonyl (C=O) groups excluding carboxylic acids is 1. The second-order valence-electron chi connectivity index (χ2n) is 6.38. The van der Waals surface area contributed by atoms with Crippen LogP contribution < -0.4 is 0 Å². The zero-order valence-corrected chi connectivity index (χ0v) is 12.9. The molecule has 1 fully saturated rings. The van der Waals surface area contributed by atoms with Crippen molar-refractivity contribution in [3.63, 3.8) is 0 Å². The van der Waals surface area contributed by atoms with Gasteiger partial charge in [-0.05, 0) is 36.1 Å². The Morgan fingerprint density at radius 2 is 1.48 bits per heavy atom. The van der Waals surface area contributed by atoms with Crippen LogP contribution in [0.4, 0.5) is 0 Å². The summed E-state index contributed by atoms with van der Waals surface area (Å²) in [5.41, 5.74) is 2.18. The highest BCUT2D eigenvalue weighted by Crippen LogP contribution is 2.29. The van der Waals surface area contributed by atoms with Crippen LogP contribution in [0.25, 0.3) is 10.8 Å². The molecule has 0 radical (unpaired) electrons. The fraction of sp³-hybridized carbons (Fsp3) is 0.450. The Bertz CT molecular complexity index is 633. The van der Waals surface area contributed by atoms with Crippen LogP contribution in [-0.4, -0.2) is 5.78 Å². The summed E-state index contributed by atoms with van der Waals surface area (Å²) in [4.78, 5) is 13.0. The number of carbonyl (C=O) groups is 1. The van der Waals surface area contributed by atoms with Crippen LogP contribution in [-0.2, 0) is 0 Å². The summed E-state index contributed by atoms with van der Waals surface area (Å²) in [6.07, 6.45) is 8.48. The van der Waals surface area contributed by atoms with E-state index in [0.717, 1.165) is 23.8 Å². The Kier molecular flexibility index (Phi) is 4.38. The zero-order valence-electron chi connectivity index (χ0n) is 12.9. The molecule has 0 heterocycles. The molecule has 0 amide bonds. The third-order valence-corrected chi connectivity index (χ3v) is 4.88. The maximum Gasteiger partial charge on any atom is 0.166 e. The van der Waals surface area contributed by atoms with Gasteiger partial charge in [-0.3, -0.25) is 4.79 Å². The topological polar surface area (TPSA) is 17.1 Å². The Hall–Kier alpha value is -1.63. The smallest absolute Gasteiger partial charge is 0.166 e. The highest BCUT2D eigenvalue weighted by Gasteiger charge is 2.22. The van der Waals surface area contributed by atoms with Crippen LogP contribution in [0.15, 0.2) is 36.4 Å². The largest absolute Gasteiger partial charge is 0.294 e. The number of fused-ring (bicyclic) bond motifs is 1. The molecule has 2 aromatic carbocycles. The number of rotatable bonds is 2. The average Bonchev–Trinajstić information content (AvgIpc) is 2.47. The van der Waals surface area contributed by atoms with Crippen LogP contribution in [0.3, 0.4) is 0 Å². The molecule has 0 aliphatic heterocycles. The van der Waals surface area contributed by atoms with Crippen LogP contribution in [0.1, 0.15) is 60.9 Å². The van der Waals surface area contributed by atoms with Gasteiger partial charge in [0.2, 0.25) is 0 Å². The van der Waals surface area contributed by atoms with E-state index in [-0.39, 0.29) is 5.92 Å². The summed E-state index contributed by atoms with van der Waals surface area (Å²) in [6, 6.07) is 12.4. The van der Waals surface area contributed by atoms with Crippen LogP contribution in [0.5, 0.6) is 0 Å². The van der Waals surface area contributed by atoms with Gasteiger partial charge in [0.05, 0.1) is 0 Å². The van der Waals surface area contributed by atoms with Gasteiger partial charge >= 0.3 is 0 Å². The van der Waals surface area contributed by atoms with Crippen molar-refractivity contribution in [1.82, 2.24) is 0 Å². The van der Waals surface area contributed by atoms with E-state index in [1.54, 1.807) is 0 Å². The first kappa shape index (κ1) is 14.3. The van der Waals surface area contributed by atoms with Crippen molar-refractivity contribution in [3.8, 4) is 0 Å². The average molecular weight is 280 g/mol. The summed E-state index contributed by atoms with van der Waals surface area (Å²) in [6.45, 7) is 2.12. The van der Waals surface area contributed by atoms with Crippen molar-refractivity contribution < 1.29 is 4.79 Å². The fourth-order valence-electron chi connectivity index (χ4n) is 3.60. The van der Waals surface area contributed by atoms with Crippen LogP contribution >= 0.6 is 0 Å². The molecule has 0 atom stereocenters. The maximum atomic E-state index is 13.0. The molecule has 1 aliphatic rings. The third kappa shape index (κ3) is 3.02. The summed E-state index contributed by atoms with van der Waals surface area (Å²) in [5, 5.41) is 2.35. The number of hydrogen-bond acceptors (Lipinski definition) is 1. The van der Waals surface area contributed by atoms with E-state index in [2.05, 4.69) is 31.2 Å². The highest BCUT2D eigenvalue weighted by atomic mass is 16.1. The predicted octanol–water partition coefficient (Wildman–Crippen LogP) is 5.69. The van der Waals surface area contributed by atoms with E-state index in [1.807, 2.05) is 12.1 Å². The summed E-state index contributed by atoms with van der Waals surface area (Å²) in [5.74, 6) is 0.601. The normalized spacial score (nSPS) is 17.4. The molecule has 2 aromatic rings. The second-order valence-corrected chi connectivity index (χ2v) is 6.38. The second kappa shape index (κ2) is 6.43. The van der Waals surface area contributed by atoms with Crippen molar-refractivity contribution in [1.29, 1.82) is 0 Å². The molecule has 1 saturated carbocycles. The van der Waals surface area contributed by atoms with E-state index in [9.17, 15) is 4.79 Å². The molecule has 0 bridgehead atoms. The third-order valence-electron chi connectivity index (χ3n) is 4.88. The first-order valence-electron chi connectivity index (χ1n) is 8.30. The minimum Gasteiger partial charge on any atom is -0.294 e. The minimum absolute atomic E-state index is 0.233. The van der Waals surface area contributed by atoms with Gasteiger partial charge in [-0.25, -0.2) is 0 Å². The lowest BCUT2D eigenvalue weighted by Crippen LogP contribution is -2.16. The number of benzene rings is 2. The van der Waals surface area contributed by atoms with E-state index in [1.165, 1.54) is 43.1 Å². The lowest BCUT2D eigenvalue weighted by Gasteiger charge is -2.19. The minimum atomic E-state index is 0.233. The van der Waals surface area contributed by atoms with Gasteiger partial charge in [0.1, 0.15) is 0 Å². The molecule has 0 N–H and O–H groups in total. The first-order valence-corrected chi connectivity index (χ1v) is 8.30. The Labute approximate surface area is 127 Å². The molecule has 0 aromatic heterocycles. The molecular formula is C20H24O. The van der Waals surface area contributed by atoms with Gasteiger partial charge in [-0.1, -0.05) is 68.5 Å². The van der Waals surface area contributed by atoms with Gasteiger partial charge in [-0.15, -0.1) is 0 Å². The fourth-order valence-corrected chi connectivity index (χ4v) is 3.60. The molecule has 0 spiro atoms. The lowest BCUT2D eigenvalue weighted by atomic mass is 9.84. The molecule has 0 saturated heterocycles. The Morgan fingerprint density at radius 3 is 2.19 bits per heavy atom. The molecule has 1 aliphatic carbocycles. The van der Waals surface area contributed by atoms with Gasteiger partial charge in [-0.2, -0.15) is 0 Å². The van der Waals surface area contributed by atoms with Crippen molar-refractivity contribution >= 4 is 16.6 Å². The monoisotopic (exact) mass is 280 g/mol. The van der Waals surface area contributed by atoms with Crippen LogP contribution in [0, 0.1) is 12.8 Å². The summed E-state index contributed by atoms with van der Waals surface area (Å²) in [7, 11) is 0. The molecule has 0 unspecified atom stereocenters. The lowest BCUT2D eigenvalue weighted by molar-refractivity contribution is 0.0900. The Morgan fingerprint density at radius 1 is 0.857 bits per heavy atom. The summed E-state index contributed by atoms with van der Waals surface area (Å²) < 4.78 is 0. The van der Waals surface area contributed by atoms with Crippen molar-refractivity contribution in [2.45, 2.75) is 51.9 Å². The molecule has 110 valence electrons. The molecule has 1 nitrogen and oxygen atoms in total. The van der Waals surface area contributed by atoms with E-state index in [4.69, 9.17) is 0 Å². The number of ketones is 1. The van der Waals surface area contributed by atoms with Gasteiger partial charge in [0.15, 0.2) is 5.78 Å². The SMILES string of the molecule is Cc1ccc(C(=O)C2CCCCCCC2)c2ccccc12. The molecule has 3 rings (SSSR count). The molecular weight excluding hydrogens is 256 g/mol. The van der Waals surface area contributed by atoms with Gasteiger partial charge in [0.25, 0.3) is 0 Å². The predicted molar refractivity (Wildman–Crippen MR) is 88.8 cm³/mol. The molecule has 21 heavy (non-hydrogen) atoms. The Balaban J connectivity index is 1.95. The van der Waals surface area contributed by atoms with Crippen molar-refractivity contribution in [2.24, 2.45) is 5.92 Å². The maximum absolute atomic E-state index is 13.0. The highest BCUT2D eigenvalue weighted by molar-refractivity contribution is 6.09. The van der Waals surface area contributed by atoms with Gasteiger partial charge in [0, 0.05) is 11.5 Å².